The van der Waals surface area contributed by atoms with Crippen LogP contribution in [0, 0.1) is 0 Å². The summed E-state index contributed by atoms with van der Waals surface area (Å²) in [7, 11) is 0. The summed E-state index contributed by atoms with van der Waals surface area (Å²) >= 11 is 0. The van der Waals surface area contributed by atoms with Crippen LogP contribution in [0.3, 0.4) is 0 Å². The fourth-order valence-corrected chi connectivity index (χ4v) is 2.91. The smallest absolute Gasteiger partial charge is 0.191 e. The first-order valence-corrected chi connectivity index (χ1v) is 9.48. The Bertz CT molecular complexity index is 623. The second-order valence-electron chi connectivity index (χ2n) is 5.97. The SMILES string of the molecule is CCNC(=NCC(c1ccco1)N(CC)CC)NCCc1ccccn1. The third-order valence-electron chi connectivity index (χ3n) is 4.29. The first-order valence-electron chi connectivity index (χ1n) is 9.48. The summed E-state index contributed by atoms with van der Waals surface area (Å²) in [5.41, 5.74) is 1.08. The molecule has 0 aliphatic carbocycles. The number of aromatic nitrogens is 1. The van der Waals surface area contributed by atoms with Crippen LogP contribution >= 0.6 is 0 Å². The molecule has 0 aliphatic heterocycles. The number of pyridine rings is 1. The van der Waals surface area contributed by atoms with Gasteiger partial charge in [0.25, 0.3) is 0 Å². The van der Waals surface area contributed by atoms with Crippen LogP contribution < -0.4 is 10.6 Å². The fraction of sp³-hybridized carbons (Fsp3) is 0.500. The molecule has 0 aromatic carbocycles. The van der Waals surface area contributed by atoms with Gasteiger partial charge in [0.1, 0.15) is 5.76 Å². The molecule has 2 aromatic heterocycles. The van der Waals surface area contributed by atoms with Gasteiger partial charge in [0, 0.05) is 31.4 Å². The van der Waals surface area contributed by atoms with E-state index in [9.17, 15) is 0 Å². The lowest BCUT2D eigenvalue weighted by molar-refractivity contribution is 0.198. The third kappa shape index (κ3) is 6.19. The lowest BCUT2D eigenvalue weighted by Gasteiger charge is -2.27. The van der Waals surface area contributed by atoms with Gasteiger partial charge in [0.2, 0.25) is 0 Å². The number of nitrogens with one attached hydrogen (secondary N) is 2. The van der Waals surface area contributed by atoms with E-state index in [4.69, 9.17) is 9.41 Å². The Kier molecular flexibility index (Phi) is 8.69. The molecule has 2 rings (SSSR count). The number of hydrogen-bond acceptors (Lipinski definition) is 4. The Balaban J connectivity index is 1.98. The normalized spacial score (nSPS) is 13.0. The molecule has 0 bridgehead atoms. The van der Waals surface area contributed by atoms with Gasteiger partial charge in [-0.15, -0.1) is 0 Å². The second-order valence-corrected chi connectivity index (χ2v) is 5.97. The summed E-state index contributed by atoms with van der Waals surface area (Å²) in [4.78, 5) is 11.5. The van der Waals surface area contributed by atoms with Crippen molar-refractivity contribution in [2.24, 2.45) is 4.99 Å². The first-order chi connectivity index (χ1) is 12.8. The van der Waals surface area contributed by atoms with E-state index >= 15 is 0 Å². The molecule has 2 heterocycles. The molecule has 1 atom stereocenters. The molecule has 2 N–H and O–H groups in total. The Morgan fingerprint density at radius 1 is 1.15 bits per heavy atom. The molecule has 6 heteroatoms. The van der Waals surface area contributed by atoms with Crippen molar-refractivity contribution in [1.82, 2.24) is 20.5 Å². The zero-order valence-corrected chi connectivity index (χ0v) is 16.1. The monoisotopic (exact) mass is 357 g/mol. The summed E-state index contributed by atoms with van der Waals surface area (Å²) in [6.07, 6.45) is 4.42. The first kappa shape index (κ1) is 20.0. The zero-order chi connectivity index (χ0) is 18.6. The van der Waals surface area contributed by atoms with Crippen LogP contribution in [0.4, 0.5) is 0 Å². The fourth-order valence-electron chi connectivity index (χ4n) is 2.91. The van der Waals surface area contributed by atoms with Crippen molar-refractivity contribution in [3.05, 3.63) is 54.2 Å². The van der Waals surface area contributed by atoms with E-state index in [1.54, 1.807) is 6.26 Å². The van der Waals surface area contributed by atoms with Crippen LogP contribution in [0.5, 0.6) is 0 Å². The minimum atomic E-state index is 0.145. The van der Waals surface area contributed by atoms with Gasteiger partial charge in [-0.2, -0.15) is 0 Å². The van der Waals surface area contributed by atoms with Crippen molar-refractivity contribution in [2.75, 3.05) is 32.7 Å². The van der Waals surface area contributed by atoms with Crippen molar-refractivity contribution >= 4 is 5.96 Å². The number of furan rings is 1. The molecule has 0 saturated carbocycles. The van der Waals surface area contributed by atoms with Gasteiger partial charge < -0.3 is 15.1 Å². The highest BCUT2D eigenvalue weighted by Gasteiger charge is 2.20. The molecule has 0 fully saturated rings. The van der Waals surface area contributed by atoms with Crippen LogP contribution in [-0.2, 0) is 6.42 Å². The van der Waals surface area contributed by atoms with Crippen LogP contribution in [0.1, 0.15) is 38.3 Å². The molecule has 0 spiro atoms. The summed E-state index contributed by atoms with van der Waals surface area (Å²) in [5, 5.41) is 6.71. The minimum Gasteiger partial charge on any atom is -0.468 e. The predicted octanol–water partition coefficient (Wildman–Crippen LogP) is 2.86. The Morgan fingerprint density at radius 3 is 2.62 bits per heavy atom. The highest BCUT2D eigenvalue weighted by Crippen LogP contribution is 2.21. The maximum atomic E-state index is 5.65. The van der Waals surface area contributed by atoms with E-state index in [0.29, 0.717) is 6.54 Å². The van der Waals surface area contributed by atoms with Crippen molar-refractivity contribution < 1.29 is 4.42 Å². The van der Waals surface area contributed by atoms with E-state index in [1.165, 1.54) is 0 Å². The average Bonchev–Trinajstić information content (AvgIpc) is 3.20. The lowest BCUT2D eigenvalue weighted by Crippen LogP contribution is -2.39. The van der Waals surface area contributed by atoms with Crippen molar-refractivity contribution in [1.29, 1.82) is 0 Å². The van der Waals surface area contributed by atoms with Gasteiger partial charge in [-0.3, -0.25) is 14.9 Å². The van der Waals surface area contributed by atoms with E-state index in [-0.39, 0.29) is 6.04 Å². The van der Waals surface area contributed by atoms with Gasteiger partial charge in [-0.25, -0.2) is 0 Å². The highest BCUT2D eigenvalue weighted by molar-refractivity contribution is 5.79. The van der Waals surface area contributed by atoms with Crippen molar-refractivity contribution in [2.45, 2.75) is 33.2 Å². The second kappa shape index (κ2) is 11.3. The Morgan fingerprint density at radius 2 is 2.00 bits per heavy atom. The third-order valence-corrected chi connectivity index (χ3v) is 4.29. The molecular weight excluding hydrogens is 326 g/mol. The molecule has 1 unspecified atom stereocenters. The van der Waals surface area contributed by atoms with Crippen molar-refractivity contribution in [3.63, 3.8) is 0 Å². The van der Waals surface area contributed by atoms with Crippen LogP contribution in [0.2, 0.25) is 0 Å². The van der Waals surface area contributed by atoms with Gasteiger partial charge in [0.05, 0.1) is 18.8 Å². The molecule has 142 valence electrons. The molecule has 0 aliphatic rings. The number of rotatable bonds is 10. The molecule has 0 amide bonds. The minimum absolute atomic E-state index is 0.145. The molecule has 26 heavy (non-hydrogen) atoms. The quantitative estimate of drug-likeness (QED) is 0.506. The molecule has 0 saturated heterocycles. The molecule has 0 radical (unpaired) electrons. The maximum Gasteiger partial charge on any atom is 0.191 e. The maximum absolute atomic E-state index is 5.65. The largest absolute Gasteiger partial charge is 0.468 e. The Hall–Kier alpha value is -2.34. The van der Waals surface area contributed by atoms with Crippen LogP contribution in [-0.4, -0.2) is 48.6 Å². The van der Waals surface area contributed by atoms with E-state index in [2.05, 4.69) is 41.3 Å². The number of nitrogens with zero attached hydrogens (tertiary/aromatic N) is 3. The summed E-state index contributed by atoms with van der Waals surface area (Å²) in [6, 6.07) is 10.1. The topological polar surface area (TPSA) is 65.7 Å². The Labute approximate surface area is 156 Å². The van der Waals surface area contributed by atoms with Crippen LogP contribution in [0.15, 0.2) is 52.2 Å². The van der Waals surface area contributed by atoms with E-state index < -0.39 is 0 Å². The number of likely N-dealkylation sites (N-methyl/N-ethyl adjacent to an activating group) is 1. The molecule has 6 nitrogen and oxygen atoms in total. The number of guanidine groups is 1. The summed E-state index contributed by atoms with van der Waals surface area (Å²) in [6.45, 7) is 10.6. The predicted molar refractivity (Wildman–Crippen MR) is 106 cm³/mol. The van der Waals surface area contributed by atoms with Crippen molar-refractivity contribution in [3.8, 4) is 0 Å². The molecular formula is C20H31N5O. The van der Waals surface area contributed by atoms with Gasteiger partial charge in [-0.1, -0.05) is 19.9 Å². The van der Waals surface area contributed by atoms with Gasteiger partial charge in [0.15, 0.2) is 5.96 Å². The van der Waals surface area contributed by atoms with Crippen LogP contribution in [0.25, 0.3) is 0 Å². The van der Waals surface area contributed by atoms with Gasteiger partial charge >= 0.3 is 0 Å². The van der Waals surface area contributed by atoms with E-state index in [0.717, 1.165) is 50.0 Å². The van der Waals surface area contributed by atoms with Gasteiger partial charge in [-0.05, 0) is 44.3 Å². The standard InChI is InChI=1S/C20H31N5O/c1-4-21-20(23-14-12-17-10-7-8-13-22-17)24-16-18(25(5-2)6-3)19-11-9-15-26-19/h7-11,13,15,18H,4-6,12,14,16H2,1-3H3,(H2,21,23,24). The van der Waals surface area contributed by atoms with E-state index in [1.807, 2.05) is 36.5 Å². The zero-order valence-electron chi connectivity index (χ0n) is 16.1. The summed E-state index contributed by atoms with van der Waals surface area (Å²) in [5.74, 6) is 1.79. The average molecular weight is 358 g/mol. The number of aliphatic imine (C=N–C) groups is 1. The lowest BCUT2D eigenvalue weighted by atomic mass is 10.2. The number of hydrogen-bond donors (Lipinski definition) is 2. The molecule has 2 aromatic rings. The highest BCUT2D eigenvalue weighted by atomic mass is 16.3. The summed E-state index contributed by atoms with van der Waals surface area (Å²) < 4.78 is 5.65.